The third kappa shape index (κ3) is 1.54. The Labute approximate surface area is 136 Å². The highest BCUT2D eigenvalue weighted by molar-refractivity contribution is 9.09. The Morgan fingerprint density at radius 1 is 0.955 bits per heavy atom. The van der Waals surface area contributed by atoms with E-state index in [0.717, 1.165) is 35.3 Å². The molecule has 4 heteroatoms. The molecule has 0 saturated carbocycles. The predicted octanol–water partition coefficient (Wildman–Crippen LogP) is 4.47. The Bertz CT molecular complexity index is 840. The number of fused-ring (bicyclic) bond motifs is 7. The van der Waals surface area contributed by atoms with Crippen LogP contribution < -0.4 is 9.47 Å². The van der Waals surface area contributed by atoms with Crippen LogP contribution in [0.5, 0.6) is 11.5 Å². The summed E-state index contributed by atoms with van der Waals surface area (Å²) in [5, 5.41) is 2.23. The molecular formula is C18H15BrO3. The van der Waals surface area contributed by atoms with Crippen LogP contribution in [0, 0.1) is 0 Å². The number of carbonyl (C=O) groups excluding carboxylic acids is 1. The molecule has 0 fully saturated rings. The van der Waals surface area contributed by atoms with Gasteiger partial charge in [0.05, 0.1) is 0 Å². The van der Waals surface area contributed by atoms with Gasteiger partial charge in [0.25, 0.3) is 0 Å². The van der Waals surface area contributed by atoms with Crippen molar-refractivity contribution < 1.29 is 14.3 Å². The van der Waals surface area contributed by atoms with Crippen LogP contribution in [0.25, 0.3) is 10.8 Å². The molecule has 2 aromatic carbocycles. The average Bonchev–Trinajstić information content (AvgIpc) is 2.85. The lowest BCUT2D eigenvalue weighted by Gasteiger charge is -2.31. The van der Waals surface area contributed by atoms with Gasteiger partial charge in [-0.05, 0) is 65.3 Å². The van der Waals surface area contributed by atoms with Gasteiger partial charge in [-0.1, -0.05) is 22.4 Å². The van der Waals surface area contributed by atoms with Gasteiger partial charge >= 0.3 is 0 Å². The van der Waals surface area contributed by atoms with Crippen LogP contribution in [0.4, 0.5) is 0 Å². The van der Waals surface area contributed by atoms with Gasteiger partial charge in [0, 0.05) is 5.56 Å². The van der Waals surface area contributed by atoms with Crippen molar-refractivity contribution in [3.05, 3.63) is 34.4 Å². The molecule has 0 saturated heterocycles. The van der Waals surface area contributed by atoms with Crippen LogP contribution in [0.3, 0.4) is 0 Å². The van der Waals surface area contributed by atoms with Gasteiger partial charge < -0.3 is 9.47 Å². The first-order valence-electron chi connectivity index (χ1n) is 7.85. The van der Waals surface area contributed by atoms with E-state index in [1.165, 1.54) is 41.3 Å². The third-order valence-corrected chi connectivity index (χ3v) is 6.02. The van der Waals surface area contributed by atoms with E-state index < -0.39 is 0 Å². The minimum absolute atomic E-state index is 0.121. The molecule has 2 aromatic rings. The number of ether oxygens (including phenoxy) is 2. The monoisotopic (exact) mass is 358 g/mol. The Balaban J connectivity index is 1.91. The molecule has 112 valence electrons. The summed E-state index contributed by atoms with van der Waals surface area (Å²) in [5.41, 5.74) is 4.95. The highest BCUT2D eigenvalue weighted by Crippen LogP contribution is 2.51. The zero-order valence-corrected chi connectivity index (χ0v) is 13.7. The molecule has 22 heavy (non-hydrogen) atoms. The lowest BCUT2D eigenvalue weighted by molar-refractivity contribution is 0.0967. The zero-order chi connectivity index (χ0) is 14.8. The summed E-state index contributed by atoms with van der Waals surface area (Å²) in [6, 6.07) is 4.08. The number of Topliss-reactive ketones (excluding diaryl/α,β-unsaturated/α-hetero) is 1. The van der Waals surface area contributed by atoms with E-state index in [2.05, 4.69) is 22.0 Å². The lowest BCUT2D eigenvalue weighted by atomic mass is 9.76. The van der Waals surface area contributed by atoms with E-state index in [1.807, 2.05) is 6.07 Å². The number of halogens is 1. The van der Waals surface area contributed by atoms with Gasteiger partial charge in [0.1, 0.15) is 4.83 Å². The molecule has 0 bridgehead atoms. The summed E-state index contributed by atoms with van der Waals surface area (Å²) in [5.74, 6) is 1.76. The molecule has 0 spiro atoms. The SMILES string of the molecule is O=C1c2c(c3c(c4cc5c(cc24)OCO5)CCCCC3)C1Br. The number of rotatable bonds is 0. The maximum absolute atomic E-state index is 12.4. The second kappa shape index (κ2) is 4.48. The highest BCUT2D eigenvalue weighted by Gasteiger charge is 2.40. The van der Waals surface area contributed by atoms with Crippen LogP contribution >= 0.6 is 15.9 Å². The summed E-state index contributed by atoms with van der Waals surface area (Å²) >= 11 is 3.57. The molecule has 0 N–H and O–H groups in total. The van der Waals surface area contributed by atoms with E-state index in [9.17, 15) is 4.79 Å². The molecule has 2 aliphatic carbocycles. The van der Waals surface area contributed by atoms with Crippen molar-refractivity contribution in [1.82, 2.24) is 0 Å². The number of hydrogen-bond donors (Lipinski definition) is 0. The van der Waals surface area contributed by atoms with Crippen LogP contribution in [0.2, 0.25) is 0 Å². The van der Waals surface area contributed by atoms with Crippen LogP contribution in [-0.4, -0.2) is 12.6 Å². The van der Waals surface area contributed by atoms with Crippen molar-refractivity contribution in [3.63, 3.8) is 0 Å². The number of carbonyl (C=O) groups is 1. The maximum Gasteiger partial charge on any atom is 0.231 e. The van der Waals surface area contributed by atoms with Crippen LogP contribution in [-0.2, 0) is 12.8 Å². The van der Waals surface area contributed by atoms with Crippen molar-refractivity contribution in [1.29, 1.82) is 0 Å². The normalized spacial score (nSPS) is 22.0. The first-order valence-corrected chi connectivity index (χ1v) is 8.76. The van der Waals surface area contributed by atoms with Crippen molar-refractivity contribution in [2.24, 2.45) is 0 Å². The zero-order valence-electron chi connectivity index (χ0n) is 12.1. The number of benzene rings is 2. The Hall–Kier alpha value is -1.55. The van der Waals surface area contributed by atoms with Gasteiger partial charge in [-0.3, -0.25) is 4.79 Å². The van der Waals surface area contributed by atoms with E-state index in [4.69, 9.17) is 9.47 Å². The number of alkyl halides is 1. The first-order chi connectivity index (χ1) is 10.8. The quantitative estimate of drug-likeness (QED) is 0.514. The van der Waals surface area contributed by atoms with E-state index in [1.54, 1.807) is 0 Å². The number of hydrogen-bond acceptors (Lipinski definition) is 3. The second-order valence-corrected chi connectivity index (χ2v) is 7.20. The predicted molar refractivity (Wildman–Crippen MR) is 87.3 cm³/mol. The topological polar surface area (TPSA) is 35.5 Å². The molecule has 1 heterocycles. The summed E-state index contributed by atoms with van der Waals surface area (Å²) in [4.78, 5) is 12.3. The fourth-order valence-electron chi connectivity index (χ4n) is 4.10. The summed E-state index contributed by atoms with van der Waals surface area (Å²) < 4.78 is 11.1. The molecule has 0 radical (unpaired) electrons. The van der Waals surface area contributed by atoms with Crippen molar-refractivity contribution in [2.75, 3.05) is 6.79 Å². The second-order valence-electron chi connectivity index (χ2n) is 6.28. The van der Waals surface area contributed by atoms with Crippen LogP contribution in [0.1, 0.15) is 51.1 Å². The van der Waals surface area contributed by atoms with Crippen molar-refractivity contribution in [2.45, 2.75) is 36.9 Å². The fraction of sp³-hybridized carbons (Fsp3) is 0.389. The Kier molecular flexibility index (Phi) is 2.63. The first kappa shape index (κ1) is 12.9. The minimum Gasteiger partial charge on any atom is -0.454 e. The minimum atomic E-state index is -0.121. The largest absolute Gasteiger partial charge is 0.454 e. The molecule has 3 aliphatic rings. The Morgan fingerprint density at radius 2 is 1.64 bits per heavy atom. The van der Waals surface area contributed by atoms with Crippen molar-refractivity contribution in [3.8, 4) is 11.5 Å². The summed E-state index contributed by atoms with van der Waals surface area (Å²) in [6.07, 6.45) is 5.86. The molecule has 5 rings (SSSR count). The van der Waals surface area contributed by atoms with Gasteiger partial charge in [0.15, 0.2) is 17.3 Å². The van der Waals surface area contributed by atoms with Gasteiger partial charge in [0.2, 0.25) is 6.79 Å². The van der Waals surface area contributed by atoms with E-state index >= 15 is 0 Å². The molecule has 0 amide bonds. The molecule has 1 unspecified atom stereocenters. The number of ketones is 1. The fourth-order valence-corrected chi connectivity index (χ4v) is 4.83. The van der Waals surface area contributed by atoms with E-state index in [-0.39, 0.29) is 17.4 Å². The number of aryl methyl sites for hydroxylation is 1. The molecular weight excluding hydrogens is 344 g/mol. The van der Waals surface area contributed by atoms with Gasteiger partial charge in [-0.25, -0.2) is 0 Å². The highest BCUT2D eigenvalue weighted by atomic mass is 79.9. The van der Waals surface area contributed by atoms with Gasteiger partial charge in [-0.2, -0.15) is 0 Å². The standard InChI is InChI=1S/C18H15BrO3/c19-17-15-10-5-3-1-2-4-9(10)11-6-13-14(22-8-21-13)7-12(11)16(15)18(17)20/h6-7,17H,1-5,8H2. The summed E-state index contributed by atoms with van der Waals surface area (Å²) in [6.45, 7) is 0.269. The maximum atomic E-state index is 12.4. The third-order valence-electron chi connectivity index (χ3n) is 5.15. The average molecular weight is 359 g/mol. The summed E-state index contributed by atoms with van der Waals surface area (Å²) in [7, 11) is 0. The van der Waals surface area contributed by atoms with Gasteiger partial charge in [-0.15, -0.1) is 0 Å². The lowest BCUT2D eigenvalue weighted by Crippen LogP contribution is -2.25. The molecule has 3 nitrogen and oxygen atoms in total. The Morgan fingerprint density at radius 3 is 2.41 bits per heavy atom. The molecule has 1 aliphatic heterocycles. The van der Waals surface area contributed by atoms with Crippen molar-refractivity contribution >= 4 is 32.5 Å². The molecule has 1 atom stereocenters. The smallest absolute Gasteiger partial charge is 0.231 e. The van der Waals surface area contributed by atoms with E-state index in [0.29, 0.717) is 0 Å². The molecule has 0 aromatic heterocycles. The van der Waals surface area contributed by atoms with Crippen LogP contribution in [0.15, 0.2) is 12.1 Å².